The Morgan fingerprint density at radius 2 is 0.549 bits per heavy atom. The van der Waals surface area contributed by atoms with Gasteiger partial charge in [0.15, 0.2) is 0 Å². The summed E-state index contributed by atoms with van der Waals surface area (Å²) in [4.78, 5) is 0. The smallest absolute Gasteiger partial charge is 0.122 e. The Kier molecular flexibility index (Phi) is 15.3. The number of rotatable bonds is 12. The summed E-state index contributed by atoms with van der Waals surface area (Å²) in [5, 5.41) is 0. The van der Waals surface area contributed by atoms with Gasteiger partial charge in [0.2, 0.25) is 0 Å². The average Bonchev–Trinajstić information content (AvgIpc) is 3.20. The second kappa shape index (κ2) is 20.6. The number of benzene rings is 6. The van der Waals surface area contributed by atoms with Gasteiger partial charge in [-0.2, -0.15) is 0 Å². The molecular formula is C45H48O6. The van der Waals surface area contributed by atoms with Gasteiger partial charge in [0, 0.05) is 12.8 Å². The third kappa shape index (κ3) is 11.9. The lowest BCUT2D eigenvalue weighted by Crippen LogP contribution is -1.96. The van der Waals surface area contributed by atoms with Crippen LogP contribution in [0.5, 0.6) is 34.5 Å². The predicted molar refractivity (Wildman–Crippen MR) is 206 cm³/mol. The Morgan fingerprint density at radius 1 is 0.275 bits per heavy atom. The third-order valence-corrected chi connectivity index (χ3v) is 8.24. The lowest BCUT2D eigenvalue weighted by Gasteiger charge is -2.11. The summed E-state index contributed by atoms with van der Waals surface area (Å²) in [5.74, 6) is 5.43. The van der Waals surface area contributed by atoms with Crippen LogP contribution in [-0.2, 0) is 19.3 Å². The van der Waals surface area contributed by atoms with Crippen molar-refractivity contribution >= 4 is 0 Å². The van der Waals surface area contributed by atoms with Gasteiger partial charge in [0.25, 0.3) is 0 Å². The molecule has 0 aliphatic carbocycles. The van der Waals surface area contributed by atoms with Crippen LogP contribution in [0.1, 0.15) is 33.4 Å². The van der Waals surface area contributed by atoms with E-state index in [1.54, 1.807) is 42.7 Å². The summed E-state index contributed by atoms with van der Waals surface area (Å²) in [7, 11) is 10.1. The summed E-state index contributed by atoms with van der Waals surface area (Å²) >= 11 is 0. The van der Waals surface area contributed by atoms with Crippen molar-refractivity contribution in [1.29, 1.82) is 0 Å². The van der Waals surface area contributed by atoms with E-state index in [9.17, 15) is 0 Å². The van der Waals surface area contributed by atoms with Gasteiger partial charge in [-0.1, -0.05) is 91.0 Å². The Hall–Kier alpha value is -5.88. The van der Waals surface area contributed by atoms with E-state index in [1.165, 1.54) is 33.4 Å². The molecule has 0 amide bonds. The fraction of sp³-hybridized carbons (Fsp3) is 0.200. The van der Waals surface area contributed by atoms with E-state index in [0.29, 0.717) is 0 Å². The van der Waals surface area contributed by atoms with Gasteiger partial charge < -0.3 is 28.4 Å². The summed E-state index contributed by atoms with van der Waals surface area (Å²) in [5.41, 5.74) is 7.32. The zero-order valence-corrected chi connectivity index (χ0v) is 30.4. The van der Waals surface area contributed by atoms with Gasteiger partial charge in [-0.25, -0.2) is 0 Å². The Labute approximate surface area is 303 Å². The molecule has 0 aliphatic heterocycles. The largest absolute Gasteiger partial charge is 0.497 e. The first-order valence-electron chi connectivity index (χ1n) is 16.7. The highest BCUT2D eigenvalue weighted by molar-refractivity contribution is 5.43. The van der Waals surface area contributed by atoms with E-state index in [4.69, 9.17) is 28.4 Å². The molecule has 0 radical (unpaired) electrons. The van der Waals surface area contributed by atoms with E-state index in [0.717, 1.165) is 53.8 Å². The zero-order valence-electron chi connectivity index (χ0n) is 30.4. The quantitative estimate of drug-likeness (QED) is 0.128. The van der Waals surface area contributed by atoms with Crippen LogP contribution in [0, 0.1) is 0 Å². The fourth-order valence-electron chi connectivity index (χ4n) is 5.44. The lowest BCUT2D eigenvalue weighted by atomic mass is 10.0. The highest BCUT2D eigenvalue weighted by Gasteiger charge is 2.07. The van der Waals surface area contributed by atoms with Crippen LogP contribution in [0.25, 0.3) is 0 Å². The molecule has 0 saturated carbocycles. The van der Waals surface area contributed by atoms with E-state index < -0.39 is 0 Å². The van der Waals surface area contributed by atoms with Crippen LogP contribution in [-0.4, -0.2) is 42.7 Å². The molecule has 6 rings (SSSR count). The SMILES string of the molecule is COc1ccc(Cc2ccc(OC)cc2)cc1.COc1ccc(Cc2ccccc2OC)cc1.COc1ccccc1Cc1ccccc1OC. The molecule has 6 aromatic carbocycles. The highest BCUT2D eigenvalue weighted by atomic mass is 16.5. The van der Waals surface area contributed by atoms with Crippen LogP contribution in [0.4, 0.5) is 0 Å². The van der Waals surface area contributed by atoms with Crippen molar-refractivity contribution in [3.63, 3.8) is 0 Å². The first-order chi connectivity index (χ1) is 25.0. The lowest BCUT2D eigenvalue weighted by molar-refractivity contribution is 0.405. The molecular weight excluding hydrogens is 636 g/mol. The molecule has 0 aliphatic rings. The number of hydrogen-bond acceptors (Lipinski definition) is 6. The molecule has 0 spiro atoms. The fourth-order valence-corrected chi connectivity index (χ4v) is 5.44. The summed E-state index contributed by atoms with van der Waals surface area (Å²) in [6.07, 6.45) is 2.61. The number of ether oxygens (including phenoxy) is 6. The monoisotopic (exact) mass is 684 g/mol. The molecule has 0 heterocycles. The van der Waals surface area contributed by atoms with Crippen molar-refractivity contribution in [3.05, 3.63) is 179 Å². The number of methoxy groups -OCH3 is 6. The van der Waals surface area contributed by atoms with E-state index in [1.807, 2.05) is 91.0 Å². The standard InChI is InChI=1S/3C15H16O2/c1-16-14-7-3-12(4-8-14)11-13-5-9-15(17-2)10-6-13;1-16-14-9-5-3-7-12(14)11-13-8-4-6-10-15(13)17-2;1-16-14-9-7-12(8-10-14)11-13-5-3-4-6-15(13)17-2/h3*3-10H,11H2,1-2H3. The maximum Gasteiger partial charge on any atom is 0.122 e. The second-order valence-corrected chi connectivity index (χ2v) is 11.5. The van der Waals surface area contributed by atoms with Gasteiger partial charge in [0.05, 0.1) is 42.7 Å². The maximum absolute atomic E-state index is 5.35. The van der Waals surface area contributed by atoms with Gasteiger partial charge >= 0.3 is 0 Å². The molecule has 51 heavy (non-hydrogen) atoms. The zero-order chi connectivity index (χ0) is 36.3. The summed E-state index contributed by atoms with van der Waals surface area (Å²) in [6.45, 7) is 0. The molecule has 6 aromatic rings. The topological polar surface area (TPSA) is 55.4 Å². The van der Waals surface area contributed by atoms with Crippen LogP contribution in [0.15, 0.2) is 146 Å². The molecule has 6 heteroatoms. The molecule has 0 unspecified atom stereocenters. The van der Waals surface area contributed by atoms with E-state index in [2.05, 4.69) is 54.6 Å². The van der Waals surface area contributed by atoms with Gasteiger partial charge in [-0.3, -0.25) is 0 Å². The van der Waals surface area contributed by atoms with E-state index in [-0.39, 0.29) is 0 Å². The van der Waals surface area contributed by atoms with Crippen molar-refractivity contribution in [1.82, 2.24) is 0 Å². The number of hydrogen-bond donors (Lipinski definition) is 0. The minimum Gasteiger partial charge on any atom is -0.497 e. The second-order valence-electron chi connectivity index (χ2n) is 11.5. The third-order valence-electron chi connectivity index (χ3n) is 8.24. The first kappa shape index (κ1) is 37.9. The number of para-hydroxylation sites is 3. The maximum atomic E-state index is 5.35. The molecule has 0 aromatic heterocycles. The molecule has 0 bridgehead atoms. The molecule has 6 nitrogen and oxygen atoms in total. The van der Waals surface area contributed by atoms with Crippen molar-refractivity contribution in [2.75, 3.05) is 42.7 Å². The molecule has 0 atom stereocenters. The first-order valence-corrected chi connectivity index (χ1v) is 16.7. The molecule has 264 valence electrons. The minimum atomic E-state index is 0.814. The molecule has 0 saturated heterocycles. The summed E-state index contributed by atoms with van der Waals surface area (Å²) in [6, 6.07) is 48.6. The molecule has 0 N–H and O–H groups in total. The normalized spacial score (nSPS) is 10.0. The van der Waals surface area contributed by atoms with Crippen LogP contribution >= 0.6 is 0 Å². The van der Waals surface area contributed by atoms with Gasteiger partial charge in [0.1, 0.15) is 34.5 Å². The highest BCUT2D eigenvalue weighted by Crippen LogP contribution is 2.26. The van der Waals surface area contributed by atoms with Crippen LogP contribution in [0.2, 0.25) is 0 Å². The minimum absolute atomic E-state index is 0.814. The van der Waals surface area contributed by atoms with Crippen LogP contribution < -0.4 is 28.4 Å². The Morgan fingerprint density at radius 3 is 0.843 bits per heavy atom. The van der Waals surface area contributed by atoms with Crippen molar-refractivity contribution < 1.29 is 28.4 Å². The molecule has 0 fully saturated rings. The van der Waals surface area contributed by atoms with Gasteiger partial charge in [-0.05, 0) is 94.4 Å². The van der Waals surface area contributed by atoms with Crippen molar-refractivity contribution in [3.8, 4) is 34.5 Å². The van der Waals surface area contributed by atoms with Crippen LogP contribution in [0.3, 0.4) is 0 Å². The predicted octanol–water partition coefficient (Wildman–Crippen LogP) is 9.88. The van der Waals surface area contributed by atoms with E-state index >= 15 is 0 Å². The summed E-state index contributed by atoms with van der Waals surface area (Å²) < 4.78 is 31.4. The Bertz CT molecular complexity index is 1770. The van der Waals surface area contributed by atoms with Gasteiger partial charge in [-0.15, -0.1) is 0 Å². The Balaban J connectivity index is 0.000000172. The van der Waals surface area contributed by atoms with Crippen molar-refractivity contribution in [2.45, 2.75) is 19.3 Å². The average molecular weight is 685 g/mol. The van der Waals surface area contributed by atoms with Crippen molar-refractivity contribution in [2.24, 2.45) is 0 Å².